The van der Waals surface area contributed by atoms with E-state index >= 15 is 0 Å². The van der Waals surface area contributed by atoms with Crippen molar-refractivity contribution in [1.82, 2.24) is 20.5 Å². The molecule has 0 bridgehead atoms. The molecule has 1 aromatic heterocycles. The second-order valence-electron chi connectivity index (χ2n) is 6.14. The van der Waals surface area contributed by atoms with Gasteiger partial charge in [-0.15, -0.1) is 35.3 Å². The van der Waals surface area contributed by atoms with E-state index in [4.69, 9.17) is 9.73 Å². The van der Waals surface area contributed by atoms with Crippen molar-refractivity contribution in [3.05, 3.63) is 16.1 Å². The predicted octanol–water partition coefficient (Wildman–Crippen LogP) is 1.64. The van der Waals surface area contributed by atoms with Gasteiger partial charge >= 0.3 is 0 Å². The predicted molar refractivity (Wildman–Crippen MR) is 110 cm³/mol. The van der Waals surface area contributed by atoms with Crippen molar-refractivity contribution in [1.29, 1.82) is 0 Å². The van der Waals surface area contributed by atoms with Crippen molar-refractivity contribution < 1.29 is 4.74 Å². The fraction of sp³-hybridized carbons (Fsp3) is 0.750. The summed E-state index contributed by atoms with van der Waals surface area (Å²) in [4.78, 5) is 11.6. The van der Waals surface area contributed by atoms with E-state index in [-0.39, 0.29) is 24.0 Å². The number of nitrogens with zero attached hydrogens (tertiary/aromatic N) is 3. The molecule has 1 saturated heterocycles. The van der Waals surface area contributed by atoms with E-state index in [0.717, 1.165) is 63.3 Å². The zero-order valence-corrected chi connectivity index (χ0v) is 17.4. The standard InChI is InChI=1S/C16H27N5OS.HI/c1-13-19-15(12-23-13)4-5-17-16(20-14-2-3-14)18-6-7-21-8-10-22-11-9-21;/h12,14H,2-11H2,1H3,(H2,17,18,20);1H. The lowest BCUT2D eigenvalue weighted by Gasteiger charge is -2.25. The minimum Gasteiger partial charge on any atom is -0.379 e. The number of aryl methyl sites for hydroxylation is 1. The smallest absolute Gasteiger partial charge is 0.191 e. The molecule has 6 nitrogen and oxygen atoms in total. The van der Waals surface area contributed by atoms with E-state index in [0.29, 0.717) is 6.04 Å². The molecular formula is C16H28IN5OS. The molecule has 3 rings (SSSR count). The van der Waals surface area contributed by atoms with Crippen LogP contribution in [-0.2, 0) is 11.2 Å². The molecule has 2 heterocycles. The summed E-state index contributed by atoms with van der Waals surface area (Å²) in [5, 5.41) is 10.2. The Morgan fingerprint density at radius 1 is 1.42 bits per heavy atom. The highest BCUT2D eigenvalue weighted by molar-refractivity contribution is 14.0. The van der Waals surface area contributed by atoms with Crippen LogP contribution < -0.4 is 10.6 Å². The van der Waals surface area contributed by atoms with Crippen molar-refractivity contribution in [2.24, 2.45) is 4.99 Å². The van der Waals surface area contributed by atoms with Gasteiger partial charge in [0.25, 0.3) is 0 Å². The molecule has 1 aromatic rings. The first-order valence-corrected chi connectivity index (χ1v) is 9.43. The third-order valence-corrected chi connectivity index (χ3v) is 4.87. The van der Waals surface area contributed by atoms with Gasteiger partial charge in [0.15, 0.2) is 5.96 Å². The maximum Gasteiger partial charge on any atom is 0.191 e. The van der Waals surface area contributed by atoms with Crippen LogP contribution in [0.4, 0.5) is 0 Å². The van der Waals surface area contributed by atoms with E-state index in [1.54, 1.807) is 11.3 Å². The van der Waals surface area contributed by atoms with Gasteiger partial charge in [-0.25, -0.2) is 4.98 Å². The normalized spacial score (nSPS) is 19.0. The first-order chi connectivity index (χ1) is 11.3. The number of hydrogen-bond acceptors (Lipinski definition) is 5. The van der Waals surface area contributed by atoms with Crippen molar-refractivity contribution >= 4 is 41.3 Å². The van der Waals surface area contributed by atoms with Crippen LogP contribution in [-0.4, -0.2) is 67.8 Å². The van der Waals surface area contributed by atoms with Gasteiger partial charge in [-0.1, -0.05) is 0 Å². The lowest BCUT2D eigenvalue weighted by Crippen LogP contribution is -2.41. The van der Waals surface area contributed by atoms with Crippen LogP contribution in [0.25, 0.3) is 0 Å². The van der Waals surface area contributed by atoms with Crippen LogP contribution >= 0.6 is 35.3 Å². The number of guanidine groups is 1. The first-order valence-electron chi connectivity index (χ1n) is 8.55. The summed E-state index contributed by atoms with van der Waals surface area (Å²) in [6.07, 6.45) is 3.46. The topological polar surface area (TPSA) is 61.8 Å². The molecule has 2 aliphatic rings. The zero-order chi connectivity index (χ0) is 15.9. The average molecular weight is 465 g/mol. The maximum absolute atomic E-state index is 5.38. The number of rotatable bonds is 7. The van der Waals surface area contributed by atoms with Gasteiger partial charge in [0, 0.05) is 44.0 Å². The Balaban J connectivity index is 0.00000208. The summed E-state index contributed by atoms with van der Waals surface area (Å²) in [5.74, 6) is 0.952. The fourth-order valence-electron chi connectivity index (χ4n) is 2.53. The third-order valence-electron chi connectivity index (χ3n) is 4.05. The van der Waals surface area contributed by atoms with Crippen LogP contribution in [0.1, 0.15) is 23.5 Å². The Hall–Kier alpha value is -0.450. The number of thiazole rings is 1. The molecule has 0 amide bonds. The van der Waals surface area contributed by atoms with Crippen molar-refractivity contribution in [2.45, 2.75) is 32.2 Å². The Morgan fingerprint density at radius 2 is 2.21 bits per heavy atom. The van der Waals surface area contributed by atoms with Gasteiger partial charge in [0.2, 0.25) is 0 Å². The highest BCUT2D eigenvalue weighted by atomic mass is 127. The lowest BCUT2D eigenvalue weighted by atomic mass is 10.3. The average Bonchev–Trinajstić information content (AvgIpc) is 3.28. The molecule has 2 fully saturated rings. The van der Waals surface area contributed by atoms with E-state index in [2.05, 4.69) is 32.8 Å². The molecule has 1 aliphatic carbocycles. The summed E-state index contributed by atoms with van der Waals surface area (Å²) in [6.45, 7) is 8.51. The second kappa shape index (κ2) is 10.5. The summed E-state index contributed by atoms with van der Waals surface area (Å²) < 4.78 is 5.38. The van der Waals surface area contributed by atoms with Crippen LogP contribution in [0.15, 0.2) is 10.4 Å². The quantitative estimate of drug-likeness (QED) is 0.364. The highest BCUT2D eigenvalue weighted by Crippen LogP contribution is 2.18. The largest absolute Gasteiger partial charge is 0.379 e. The number of ether oxygens (including phenoxy) is 1. The number of aliphatic imine (C=N–C) groups is 1. The molecule has 24 heavy (non-hydrogen) atoms. The molecule has 0 radical (unpaired) electrons. The monoisotopic (exact) mass is 465 g/mol. The van der Waals surface area contributed by atoms with E-state index in [1.165, 1.54) is 18.5 Å². The van der Waals surface area contributed by atoms with Gasteiger partial charge in [-0.05, 0) is 19.8 Å². The summed E-state index contributed by atoms with van der Waals surface area (Å²) in [5.41, 5.74) is 1.17. The van der Waals surface area contributed by atoms with Gasteiger partial charge in [-0.3, -0.25) is 9.89 Å². The van der Waals surface area contributed by atoms with E-state index < -0.39 is 0 Å². The first kappa shape index (κ1) is 19.9. The molecule has 0 atom stereocenters. The van der Waals surface area contributed by atoms with E-state index in [1.807, 2.05) is 0 Å². The van der Waals surface area contributed by atoms with E-state index in [9.17, 15) is 0 Å². The molecule has 8 heteroatoms. The Bertz CT molecular complexity index is 514. The van der Waals surface area contributed by atoms with Gasteiger partial charge in [0.1, 0.15) is 0 Å². The third kappa shape index (κ3) is 7.20. The summed E-state index contributed by atoms with van der Waals surface area (Å²) in [6, 6.07) is 0.617. The number of halogens is 1. The van der Waals surface area contributed by atoms with Gasteiger partial charge in [-0.2, -0.15) is 0 Å². The number of aromatic nitrogens is 1. The number of nitrogens with one attached hydrogen (secondary N) is 2. The minimum atomic E-state index is 0. The fourth-order valence-corrected chi connectivity index (χ4v) is 3.18. The van der Waals surface area contributed by atoms with Crippen LogP contribution in [0.3, 0.4) is 0 Å². The summed E-state index contributed by atoms with van der Waals surface area (Å²) >= 11 is 1.71. The molecular weight excluding hydrogens is 437 g/mol. The Kier molecular flexibility index (Phi) is 8.71. The summed E-state index contributed by atoms with van der Waals surface area (Å²) in [7, 11) is 0. The minimum absolute atomic E-state index is 0. The van der Waals surface area contributed by atoms with Gasteiger partial charge < -0.3 is 15.4 Å². The Morgan fingerprint density at radius 3 is 2.88 bits per heavy atom. The molecule has 0 spiro atoms. The number of morpholine rings is 1. The zero-order valence-electron chi connectivity index (χ0n) is 14.3. The van der Waals surface area contributed by atoms with Crippen molar-refractivity contribution in [3.8, 4) is 0 Å². The SMILES string of the molecule is Cc1nc(CCNC(=NCCN2CCOCC2)NC2CC2)cs1.I. The van der Waals surface area contributed by atoms with Crippen molar-refractivity contribution in [3.63, 3.8) is 0 Å². The van der Waals surface area contributed by atoms with Gasteiger partial charge in [0.05, 0.1) is 30.5 Å². The molecule has 0 aromatic carbocycles. The molecule has 1 saturated carbocycles. The molecule has 1 aliphatic heterocycles. The maximum atomic E-state index is 5.38. The Labute approximate surface area is 165 Å². The number of hydrogen-bond donors (Lipinski definition) is 2. The van der Waals surface area contributed by atoms with Crippen LogP contribution in [0.5, 0.6) is 0 Å². The molecule has 2 N–H and O–H groups in total. The molecule has 0 unspecified atom stereocenters. The van der Waals surface area contributed by atoms with Crippen LogP contribution in [0.2, 0.25) is 0 Å². The second-order valence-corrected chi connectivity index (χ2v) is 7.20. The van der Waals surface area contributed by atoms with Crippen LogP contribution in [0, 0.1) is 6.92 Å². The van der Waals surface area contributed by atoms with Crippen molar-refractivity contribution in [2.75, 3.05) is 45.9 Å². The molecule has 136 valence electrons. The highest BCUT2D eigenvalue weighted by Gasteiger charge is 2.22. The lowest BCUT2D eigenvalue weighted by molar-refractivity contribution is 0.0394.